The van der Waals surface area contributed by atoms with E-state index in [2.05, 4.69) is 10.3 Å². The standard InChI is InChI=1S/C13H21N3O/c1-11(2)16(3)13(17)10-15-8-6-12-5-4-7-14-9-12/h4-5,7,9,11,15H,6,8,10H2,1-3H3. The van der Waals surface area contributed by atoms with Gasteiger partial charge in [-0.05, 0) is 38.4 Å². The minimum Gasteiger partial charge on any atom is -0.342 e. The van der Waals surface area contributed by atoms with Gasteiger partial charge in [-0.2, -0.15) is 0 Å². The van der Waals surface area contributed by atoms with Gasteiger partial charge in [0, 0.05) is 25.5 Å². The van der Waals surface area contributed by atoms with E-state index in [-0.39, 0.29) is 11.9 Å². The molecule has 1 aromatic heterocycles. The molecule has 0 saturated heterocycles. The van der Waals surface area contributed by atoms with Gasteiger partial charge in [-0.3, -0.25) is 9.78 Å². The third-order valence-electron chi connectivity index (χ3n) is 2.76. The molecule has 0 aromatic carbocycles. The quantitative estimate of drug-likeness (QED) is 0.750. The molecule has 0 spiro atoms. The van der Waals surface area contributed by atoms with Crippen molar-refractivity contribution in [3.8, 4) is 0 Å². The van der Waals surface area contributed by atoms with E-state index < -0.39 is 0 Å². The first kappa shape index (κ1) is 13.6. The molecule has 1 N–H and O–H groups in total. The summed E-state index contributed by atoms with van der Waals surface area (Å²) in [5.41, 5.74) is 1.18. The average Bonchev–Trinajstić information content (AvgIpc) is 2.34. The van der Waals surface area contributed by atoms with Gasteiger partial charge >= 0.3 is 0 Å². The topological polar surface area (TPSA) is 45.2 Å². The largest absolute Gasteiger partial charge is 0.342 e. The van der Waals surface area contributed by atoms with Crippen LogP contribution in [0.15, 0.2) is 24.5 Å². The van der Waals surface area contributed by atoms with Gasteiger partial charge in [-0.25, -0.2) is 0 Å². The van der Waals surface area contributed by atoms with Crippen LogP contribution in [0.4, 0.5) is 0 Å². The number of hydrogen-bond donors (Lipinski definition) is 1. The minimum absolute atomic E-state index is 0.131. The lowest BCUT2D eigenvalue weighted by atomic mass is 10.2. The van der Waals surface area contributed by atoms with Crippen molar-refractivity contribution >= 4 is 5.91 Å². The number of aromatic nitrogens is 1. The first-order valence-electron chi connectivity index (χ1n) is 5.96. The smallest absolute Gasteiger partial charge is 0.236 e. The maximum atomic E-state index is 11.6. The Morgan fingerprint density at radius 3 is 2.88 bits per heavy atom. The van der Waals surface area contributed by atoms with E-state index in [4.69, 9.17) is 0 Å². The van der Waals surface area contributed by atoms with Crippen molar-refractivity contribution in [2.75, 3.05) is 20.1 Å². The predicted molar refractivity (Wildman–Crippen MR) is 68.7 cm³/mol. The zero-order valence-electron chi connectivity index (χ0n) is 10.8. The van der Waals surface area contributed by atoms with Gasteiger partial charge in [0.05, 0.1) is 6.54 Å². The summed E-state index contributed by atoms with van der Waals surface area (Å²) in [7, 11) is 1.83. The van der Waals surface area contributed by atoms with Crippen molar-refractivity contribution in [3.05, 3.63) is 30.1 Å². The Morgan fingerprint density at radius 2 is 2.29 bits per heavy atom. The van der Waals surface area contributed by atoms with Crippen LogP contribution in [0.1, 0.15) is 19.4 Å². The lowest BCUT2D eigenvalue weighted by Crippen LogP contribution is -2.39. The summed E-state index contributed by atoms with van der Waals surface area (Å²) in [6, 6.07) is 4.21. The maximum Gasteiger partial charge on any atom is 0.236 e. The van der Waals surface area contributed by atoms with Gasteiger partial charge in [-0.1, -0.05) is 6.07 Å². The molecule has 94 valence electrons. The van der Waals surface area contributed by atoms with Crippen molar-refractivity contribution < 1.29 is 4.79 Å². The number of carbonyl (C=O) groups is 1. The lowest BCUT2D eigenvalue weighted by molar-refractivity contribution is -0.130. The molecule has 4 heteroatoms. The van der Waals surface area contributed by atoms with Gasteiger partial charge < -0.3 is 10.2 Å². The molecule has 1 aromatic rings. The number of likely N-dealkylation sites (N-methyl/N-ethyl adjacent to an activating group) is 1. The molecular formula is C13H21N3O. The number of nitrogens with one attached hydrogen (secondary N) is 1. The van der Waals surface area contributed by atoms with E-state index in [9.17, 15) is 4.79 Å². The number of carbonyl (C=O) groups excluding carboxylic acids is 1. The number of hydrogen-bond acceptors (Lipinski definition) is 3. The minimum atomic E-state index is 0.131. The van der Waals surface area contributed by atoms with Crippen molar-refractivity contribution in [1.29, 1.82) is 0 Å². The highest BCUT2D eigenvalue weighted by Crippen LogP contribution is 1.96. The molecule has 1 amide bonds. The number of pyridine rings is 1. The summed E-state index contributed by atoms with van der Waals surface area (Å²) in [5, 5.41) is 3.15. The van der Waals surface area contributed by atoms with Crippen molar-refractivity contribution in [2.45, 2.75) is 26.3 Å². The molecule has 0 atom stereocenters. The molecule has 1 rings (SSSR count). The Balaban J connectivity index is 2.18. The highest BCUT2D eigenvalue weighted by Gasteiger charge is 2.10. The zero-order chi connectivity index (χ0) is 12.7. The van der Waals surface area contributed by atoms with Crippen molar-refractivity contribution in [3.63, 3.8) is 0 Å². The van der Waals surface area contributed by atoms with E-state index in [1.54, 1.807) is 11.1 Å². The van der Waals surface area contributed by atoms with Crippen LogP contribution in [0.2, 0.25) is 0 Å². The monoisotopic (exact) mass is 235 g/mol. The Labute approximate surface area is 103 Å². The fourth-order valence-corrected chi connectivity index (χ4v) is 1.39. The van der Waals surface area contributed by atoms with E-state index in [1.165, 1.54) is 5.56 Å². The fourth-order valence-electron chi connectivity index (χ4n) is 1.39. The first-order valence-corrected chi connectivity index (χ1v) is 5.96. The van der Waals surface area contributed by atoms with Crippen LogP contribution in [0, 0.1) is 0 Å². The zero-order valence-corrected chi connectivity index (χ0v) is 10.8. The molecule has 0 unspecified atom stereocenters. The fraction of sp³-hybridized carbons (Fsp3) is 0.538. The Kier molecular flexibility index (Phi) is 5.63. The Hall–Kier alpha value is -1.42. The second-order valence-electron chi connectivity index (χ2n) is 4.39. The van der Waals surface area contributed by atoms with Crippen LogP contribution >= 0.6 is 0 Å². The number of amides is 1. The van der Waals surface area contributed by atoms with Crippen LogP contribution in [-0.4, -0.2) is 42.0 Å². The predicted octanol–water partition coefficient (Wildman–Crippen LogP) is 1.08. The average molecular weight is 235 g/mol. The second-order valence-corrected chi connectivity index (χ2v) is 4.39. The summed E-state index contributed by atoms with van der Waals surface area (Å²) in [4.78, 5) is 17.4. The molecule has 0 aliphatic rings. The number of nitrogens with zero attached hydrogens (tertiary/aromatic N) is 2. The molecule has 4 nitrogen and oxygen atoms in total. The van der Waals surface area contributed by atoms with Crippen molar-refractivity contribution in [2.24, 2.45) is 0 Å². The van der Waals surface area contributed by atoms with E-state index in [0.717, 1.165) is 13.0 Å². The molecule has 0 radical (unpaired) electrons. The number of rotatable bonds is 6. The third-order valence-corrected chi connectivity index (χ3v) is 2.76. The summed E-state index contributed by atoms with van der Waals surface area (Å²) in [6.07, 6.45) is 4.51. The highest BCUT2D eigenvalue weighted by molar-refractivity contribution is 5.78. The second kappa shape index (κ2) is 7.01. The molecule has 1 heterocycles. The molecule has 0 bridgehead atoms. The van der Waals surface area contributed by atoms with Gasteiger partial charge in [0.25, 0.3) is 0 Å². The molecule has 0 aliphatic heterocycles. The van der Waals surface area contributed by atoms with Gasteiger partial charge in [-0.15, -0.1) is 0 Å². The Morgan fingerprint density at radius 1 is 1.53 bits per heavy atom. The lowest BCUT2D eigenvalue weighted by Gasteiger charge is -2.21. The summed E-state index contributed by atoms with van der Waals surface area (Å²) >= 11 is 0. The van der Waals surface area contributed by atoms with Crippen LogP contribution in [0.3, 0.4) is 0 Å². The highest BCUT2D eigenvalue weighted by atomic mass is 16.2. The summed E-state index contributed by atoms with van der Waals surface area (Å²) in [6.45, 7) is 5.21. The van der Waals surface area contributed by atoms with Gasteiger partial charge in [0.1, 0.15) is 0 Å². The molecular weight excluding hydrogens is 214 g/mol. The molecule has 0 fully saturated rings. The first-order chi connectivity index (χ1) is 8.11. The van der Waals surface area contributed by atoms with Crippen LogP contribution in [0.5, 0.6) is 0 Å². The van der Waals surface area contributed by atoms with E-state index in [0.29, 0.717) is 6.54 Å². The molecule has 17 heavy (non-hydrogen) atoms. The SMILES string of the molecule is CC(C)N(C)C(=O)CNCCc1cccnc1. The maximum absolute atomic E-state index is 11.6. The summed E-state index contributed by atoms with van der Waals surface area (Å²) < 4.78 is 0. The van der Waals surface area contributed by atoms with E-state index >= 15 is 0 Å². The normalized spacial score (nSPS) is 10.6. The van der Waals surface area contributed by atoms with Crippen LogP contribution in [0.25, 0.3) is 0 Å². The molecule has 0 saturated carbocycles. The van der Waals surface area contributed by atoms with Crippen LogP contribution < -0.4 is 5.32 Å². The van der Waals surface area contributed by atoms with Gasteiger partial charge in [0.15, 0.2) is 0 Å². The van der Waals surface area contributed by atoms with Crippen molar-refractivity contribution in [1.82, 2.24) is 15.2 Å². The van der Waals surface area contributed by atoms with Crippen LogP contribution in [-0.2, 0) is 11.2 Å². The van der Waals surface area contributed by atoms with Gasteiger partial charge in [0.2, 0.25) is 5.91 Å². The summed E-state index contributed by atoms with van der Waals surface area (Å²) in [5.74, 6) is 0.131. The van der Waals surface area contributed by atoms with E-state index in [1.807, 2.05) is 39.2 Å². The third kappa shape index (κ3) is 4.95. The molecule has 0 aliphatic carbocycles. The Bertz CT molecular complexity index is 338.